The lowest BCUT2D eigenvalue weighted by Gasteiger charge is -2.20. The molecule has 0 aliphatic carbocycles. The molecule has 1 aromatic rings. The van der Waals surface area contributed by atoms with E-state index in [0.29, 0.717) is 12.5 Å². The van der Waals surface area contributed by atoms with Crippen LogP contribution in [0.15, 0.2) is 12.3 Å². The summed E-state index contributed by atoms with van der Waals surface area (Å²) in [6.07, 6.45) is -0.873. The molecule has 0 saturated heterocycles. The number of hydrogen-bond acceptors (Lipinski definition) is 3. The second-order valence-electron chi connectivity index (χ2n) is 3.02. The third-order valence-electron chi connectivity index (χ3n) is 1.78. The highest BCUT2D eigenvalue weighted by atomic mass is 35.5. The standard InChI is InChI=1S/C9H12ClF2N3/c1-7-2-4-13-9(14-7)15(5-3-10)6-8(11)12/h2,4,8H,3,5-6H2,1H3. The summed E-state index contributed by atoms with van der Waals surface area (Å²) in [5.41, 5.74) is 0.744. The molecule has 0 unspecified atom stereocenters. The van der Waals surface area contributed by atoms with Crippen LogP contribution in [0.5, 0.6) is 0 Å². The Bertz CT molecular complexity index is 309. The van der Waals surface area contributed by atoms with E-state index in [1.54, 1.807) is 19.2 Å². The first-order valence-electron chi connectivity index (χ1n) is 4.52. The highest BCUT2D eigenvalue weighted by Crippen LogP contribution is 2.09. The first-order chi connectivity index (χ1) is 7.13. The molecule has 1 aromatic heterocycles. The molecule has 0 aliphatic heterocycles. The minimum absolute atomic E-state index is 0.268. The predicted molar refractivity (Wildman–Crippen MR) is 55.7 cm³/mol. The first kappa shape index (κ1) is 12.1. The summed E-state index contributed by atoms with van der Waals surface area (Å²) < 4.78 is 24.5. The first-order valence-corrected chi connectivity index (χ1v) is 5.05. The monoisotopic (exact) mass is 235 g/mol. The van der Waals surface area contributed by atoms with Gasteiger partial charge in [-0.2, -0.15) is 0 Å². The van der Waals surface area contributed by atoms with Gasteiger partial charge in [-0.3, -0.25) is 0 Å². The average Bonchev–Trinajstić information content (AvgIpc) is 2.16. The van der Waals surface area contributed by atoms with Gasteiger partial charge in [-0.05, 0) is 13.0 Å². The Balaban J connectivity index is 2.78. The second kappa shape index (κ2) is 5.80. The molecule has 0 spiro atoms. The van der Waals surface area contributed by atoms with Gasteiger partial charge in [-0.15, -0.1) is 11.6 Å². The molecule has 15 heavy (non-hydrogen) atoms. The van der Waals surface area contributed by atoms with E-state index in [2.05, 4.69) is 9.97 Å². The molecule has 0 amide bonds. The third kappa shape index (κ3) is 3.95. The minimum Gasteiger partial charge on any atom is -0.334 e. The number of rotatable bonds is 5. The summed E-state index contributed by atoms with van der Waals surface area (Å²) in [6.45, 7) is 1.71. The molecular formula is C9H12ClF2N3. The molecule has 0 aromatic carbocycles. The summed E-state index contributed by atoms with van der Waals surface area (Å²) in [6, 6.07) is 1.71. The molecule has 0 fully saturated rings. The van der Waals surface area contributed by atoms with E-state index in [1.165, 1.54) is 4.90 Å². The van der Waals surface area contributed by atoms with Crippen molar-refractivity contribution < 1.29 is 8.78 Å². The number of anilines is 1. The maximum atomic E-state index is 12.3. The van der Waals surface area contributed by atoms with Crippen molar-refractivity contribution in [3.8, 4) is 0 Å². The van der Waals surface area contributed by atoms with E-state index >= 15 is 0 Å². The zero-order valence-corrected chi connectivity index (χ0v) is 9.08. The van der Waals surface area contributed by atoms with Crippen molar-refractivity contribution in [1.82, 2.24) is 9.97 Å². The van der Waals surface area contributed by atoms with Gasteiger partial charge >= 0.3 is 0 Å². The van der Waals surface area contributed by atoms with Crippen LogP contribution in [0, 0.1) is 6.92 Å². The van der Waals surface area contributed by atoms with Crippen LogP contribution in [0.2, 0.25) is 0 Å². The Labute approximate surface area is 92.1 Å². The minimum atomic E-state index is -2.42. The van der Waals surface area contributed by atoms with Crippen LogP contribution in [-0.2, 0) is 0 Å². The lowest BCUT2D eigenvalue weighted by molar-refractivity contribution is 0.154. The van der Waals surface area contributed by atoms with Gasteiger partial charge in [0.05, 0.1) is 6.54 Å². The fourth-order valence-electron chi connectivity index (χ4n) is 1.13. The molecule has 0 atom stereocenters. The second-order valence-corrected chi connectivity index (χ2v) is 3.40. The van der Waals surface area contributed by atoms with Crippen LogP contribution >= 0.6 is 11.6 Å². The quantitative estimate of drug-likeness (QED) is 0.732. The fraction of sp³-hybridized carbons (Fsp3) is 0.556. The van der Waals surface area contributed by atoms with Gasteiger partial charge in [0.1, 0.15) is 0 Å². The highest BCUT2D eigenvalue weighted by Gasteiger charge is 2.14. The zero-order valence-electron chi connectivity index (χ0n) is 8.33. The van der Waals surface area contributed by atoms with Crippen molar-refractivity contribution >= 4 is 17.5 Å². The van der Waals surface area contributed by atoms with Crippen LogP contribution in [0.3, 0.4) is 0 Å². The van der Waals surface area contributed by atoms with Crippen LogP contribution in [-0.4, -0.2) is 35.4 Å². The number of hydrogen-bond donors (Lipinski definition) is 0. The SMILES string of the molecule is Cc1ccnc(N(CCCl)CC(F)F)n1. The largest absolute Gasteiger partial charge is 0.334 e. The van der Waals surface area contributed by atoms with Crippen molar-refractivity contribution in [3.63, 3.8) is 0 Å². The maximum Gasteiger partial charge on any atom is 0.255 e. The maximum absolute atomic E-state index is 12.3. The van der Waals surface area contributed by atoms with Gasteiger partial charge in [-0.25, -0.2) is 18.7 Å². The van der Waals surface area contributed by atoms with Crippen molar-refractivity contribution in [2.75, 3.05) is 23.9 Å². The van der Waals surface area contributed by atoms with Crippen LogP contribution < -0.4 is 4.90 Å². The molecule has 0 saturated carbocycles. The molecule has 1 heterocycles. The van der Waals surface area contributed by atoms with Gasteiger partial charge in [0.15, 0.2) is 0 Å². The highest BCUT2D eigenvalue weighted by molar-refractivity contribution is 6.18. The van der Waals surface area contributed by atoms with Gasteiger partial charge < -0.3 is 4.90 Å². The Morgan fingerprint density at radius 2 is 2.27 bits per heavy atom. The number of nitrogens with zero attached hydrogens (tertiary/aromatic N) is 3. The van der Waals surface area contributed by atoms with Crippen molar-refractivity contribution in [3.05, 3.63) is 18.0 Å². The van der Waals surface area contributed by atoms with Gasteiger partial charge in [0.25, 0.3) is 6.43 Å². The molecule has 0 radical (unpaired) electrons. The molecule has 0 bridgehead atoms. The summed E-state index contributed by atoms with van der Waals surface area (Å²) in [5, 5.41) is 0. The number of aryl methyl sites for hydroxylation is 1. The van der Waals surface area contributed by atoms with E-state index in [0.717, 1.165) is 5.69 Å². The predicted octanol–water partition coefficient (Wildman–Crippen LogP) is 2.10. The van der Waals surface area contributed by atoms with Crippen LogP contribution in [0.1, 0.15) is 5.69 Å². The number of alkyl halides is 3. The van der Waals surface area contributed by atoms with E-state index in [-0.39, 0.29) is 5.88 Å². The Morgan fingerprint density at radius 1 is 1.53 bits per heavy atom. The van der Waals surface area contributed by atoms with E-state index in [9.17, 15) is 8.78 Å². The Morgan fingerprint density at radius 3 is 2.80 bits per heavy atom. The average molecular weight is 236 g/mol. The van der Waals surface area contributed by atoms with Gasteiger partial charge in [0, 0.05) is 24.3 Å². The van der Waals surface area contributed by atoms with E-state index < -0.39 is 13.0 Å². The summed E-state index contributed by atoms with van der Waals surface area (Å²) in [7, 11) is 0. The summed E-state index contributed by atoms with van der Waals surface area (Å²) in [4.78, 5) is 9.38. The van der Waals surface area contributed by atoms with E-state index in [1.807, 2.05) is 0 Å². The molecule has 84 valence electrons. The summed E-state index contributed by atoms with van der Waals surface area (Å²) in [5.74, 6) is 0.570. The lowest BCUT2D eigenvalue weighted by Crippen LogP contribution is -2.32. The smallest absolute Gasteiger partial charge is 0.255 e. The van der Waals surface area contributed by atoms with E-state index in [4.69, 9.17) is 11.6 Å². The molecule has 0 N–H and O–H groups in total. The van der Waals surface area contributed by atoms with Crippen LogP contribution in [0.4, 0.5) is 14.7 Å². The summed E-state index contributed by atoms with van der Waals surface area (Å²) >= 11 is 5.53. The molecular weight excluding hydrogens is 224 g/mol. The van der Waals surface area contributed by atoms with Crippen LogP contribution in [0.25, 0.3) is 0 Å². The van der Waals surface area contributed by atoms with Gasteiger partial charge in [-0.1, -0.05) is 0 Å². The van der Waals surface area contributed by atoms with Crippen molar-refractivity contribution in [2.45, 2.75) is 13.3 Å². The topological polar surface area (TPSA) is 29.0 Å². The molecule has 3 nitrogen and oxygen atoms in total. The number of halogens is 3. The Kier molecular flexibility index (Phi) is 4.68. The third-order valence-corrected chi connectivity index (χ3v) is 1.95. The fourth-order valence-corrected chi connectivity index (χ4v) is 1.33. The van der Waals surface area contributed by atoms with Crippen molar-refractivity contribution in [2.24, 2.45) is 0 Å². The lowest BCUT2D eigenvalue weighted by atomic mass is 10.4. The van der Waals surface area contributed by atoms with Crippen molar-refractivity contribution in [1.29, 1.82) is 0 Å². The Hall–Kier alpha value is -0.970. The molecule has 0 aliphatic rings. The normalized spacial score (nSPS) is 10.7. The molecule has 6 heteroatoms. The number of aromatic nitrogens is 2. The zero-order chi connectivity index (χ0) is 11.3. The van der Waals surface area contributed by atoms with Gasteiger partial charge in [0.2, 0.25) is 5.95 Å². The molecule has 1 rings (SSSR count).